The first-order valence-corrected chi connectivity index (χ1v) is 10.1. The van der Waals surface area contributed by atoms with Gasteiger partial charge in [0.05, 0.1) is 20.7 Å². The van der Waals surface area contributed by atoms with E-state index in [1.165, 1.54) is 7.11 Å². The second kappa shape index (κ2) is 6.66. The van der Waals surface area contributed by atoms with Gasteiger partial charge in [0.1, 0.15) is 0 Å². The number of benzene rings is 1. The van der Waals surface area contributed by atoms with Gasteiger partial charge in [-0.1, -0.05) is 50.0 Å². The van der Waals surface area contributed by atoms with Gasteiger partial charge in [0, 0.05) is 12.0 Å². The Bertz CT molecular complexity index is 434. The highest BCUT2D eigenvalue weighted by Gasteiger charge is 2.33. The summed E-state index contributed by atoms with van der Waals surface area (Å²) in [5.74, 6) is -0.0900. The fourth-order valence-electron chi connectivity index (χ4n) is 2.09. The molecule has 0 heterocycles. The summed E-state index contributed by atoms with van der Waals surface area (Å²) < 4.78 is 4.86. The van der Waals surface area contributed by atoms with Gasteiger partial charge >= 0.3 is 5.97 Å². The zero-order chi connectivity index (χ0) is 14.5. The molecule has 104 valence electrons. The molecule has 0 N–H and O–H groups in total. The topological polar surface area (TPSA) is 43.4 Å². The number of carbonyl (C=O) groups excluding carboxylic acids is 2. The Morgan fingerprint density at radius 3 is 2.21 bits per heavy atom. The van der Waals surface area contributed by atoms with Gasteiger partial charge in [0.2, 0.25) is 0 Å². The fraction of sp³-hybridized carbons (Fsp3) is 0.467. The molecule has 0 bridgehead atoms. The average Bonchev–Trinajstić information content (AvgIpc) is 2.37. The van der Waals surface area contributed by atoms with Crippen molar-refractivity contribution in [2.75, 3.05) is 7.11 Å². The largest absolute Gasteiger partial charge is 0.469 e. The third-order valence-corrected chi connectivity index (χ3v) is 5.90. The van der Waals surface area contributed by atoms with E-state index >= 15 is 0 Å². The van der Waals surface area contributed by atoms with Crippen molar-refractivity contribution < 1.29 is 14.3 Å². The predicted molar refractivity (Wildman–Crippen MR) is 79.1 cm³/mol. The molecule has 0 aromatic heterocycles. The maximum atomic E-state index is 12.1. The van der Waals surface area contributed by atoms with Crippen LogP contribution in [0.1, 0.15) is 23.2 Å². The summed E-state index contributed by atoms with van der Waals surface area (Å²) in [5, 5.41) is 0. The van der Waals surface area contributed by atoms with Gasteiger partial charge in [-0.15, -0.1) is 0 Å². The number of ether oxygens (including phenoxy) is 1. The number of ketones is 1. The SMILES string of the molecule is COC(=O)C(CCC(=O)c1ccccc1)[Si](C)(C)C. The minimum absolute atomic E-state index is 0.0905. The van der Waals surface area contributed by atoms with Crippen LogP contribution in [0.3, 0.4) is 0 Å². The van der Waals surface area contributed by atoms with Crippen LogP contribution in [0.2, 0.25) is 25.2 Å². The highest BCUT2D eigenvalue weighted by Crippen LogP contribution is 2.28. The lowest BCUT2D eigenvalue weighted by molar-refractivity contribution is -0.140. The summed E-state index contributed by atoms with van der Waals surface area (Å²) in [6.45, 7) is 6.38. The lowest BCUT2D eigenvalue weighted by Crippen LogP contribution is -2.34. The molecule has 0 spiro atoms. The number of carbonyl (C=O) groups is 2. The van der Waals surface area contributed by atoms with Crippen LogP contribution in [-0.2, 0) is 9.53 Å². The molecule has 1 unspecified atom stereocenters. The van der Waals surface area contributed by atoms with Crippen LogP contribution in [0.15, 0.2) is 30.3 Å². The molecule has 0 aliphatic rings. The molecule has 0 fully saturated rings. The van der Waals surface area contributed by atoms with Crippen molar-refractivity contribution in [3.63, 3.8) is 0 Å². The van der Waals surface area contributed by atoms with Crippen molar-refractivity contribution in [3.8, 4) is 0 Å². The Morgan fingerprint density at radius 1 is 1.16 bits per heavy atom. The molecular formula is C15H22O3Si. The molecule has 0 aliphatic heterocycles. The summed E-state index contributed by atoms with van der Waals surface area (Å²) in [7, 11) is -0.254. The maximum absolute atomic E-state index is 12.1. The third-order valence-electron chi connectivity index (χ3n) is 3.29. The molecule has 0 radical (unpaired) electrons. The lowest BCUT2D eigenvalue weighted by Gasteiger charge is -2.26. The molecule has 1 atom stereocenters. The van der Waals surface area contributed by atoms with E-state index in [0.717, 1.165) is 0 Å². The van der Waals surface area contributed by atoms with E-state index < -0.39 is 8.07 Å². The smallest absolute Gasteiger partial charge is 0.305 e. The van der Waals surface area contributed by atoms with Crippen LogP contribution in [0, 0.1) is 0 Å². The standard InChI is InChI=1S/C15H22O3Si/c1-18-15(17)14(19(2,3)4)11-10-13(16)12-8-6-5-7-9-12/h5-9,14H,10-11H2,1-4H3. The Balaban J connectivity index is 2.68. The minimum Gasteiger partial charge on any atom is -0.469 e. The van der Waals surface area contributed by atoms with Gasteiger partial charge in [-0.05, 0) is 6.42 Å². The Labute approximate surface area is 116 Å². The molecule has 1 aromatic carbocycles. The normalized spacial score (nSPS) is 12.8. The summed E-state index contributed by atoms with van der Waals surface area (Å²) >= 11 is 0. The summed E-state index contributed by atoms with van der Waals surface area (Å²) in [6.07, 6.45) is 0.976. The van der Waals surface area contributed by atoms with E-state index in [9.17, 15) is 9.59 Å². The predicted octanol–water partition coefficient (Wildman–Crippen LogP) is 3.53. The zero-order valence-corrected chi connectivity index (χ0v) is 13.1. The molecule has 0 saturated carbocycles. The van der Waals surface area contributed by atoms with Crippen molar-refractivity contribution in [2.24, 2.45) is 0 Å². The van der Waals surface area contributed by atoms with Crippen LogP contribution in [0.25, 0.3) is 0 Å². The molecule has 3 nitrogen and oxygen atoms in total. The molecule has 1 rings (SSSR count). The van der Waals surface area contributed by atoms with E-state index in [2.05, 4.69) is 19.6 Å². The molecule has 0 saturated heterocycles. The van der Waals surface area contributed by atoms with Crippen LogP contribution in [-0.4, -0.2) is 26.9 Å². The molecule has 0 aliphatic carbocycles. The van der Waals surface area contributed by atoms with E-state index in [4.69, 9.17) is 4.74 Å². The Hall–Kier alpha value is -1.42. The van der Waals surface area contributed by atoms with Crippen molar-refractivity contribution in [1.29, 1.82) is 0 Å². The number of hydrogen-bond donors (Lipinski definition) is 0. The van der Waals surface area contributed by atoms with Gasteiger partial charge in [-0.3, -0.25) is 9.59 Å². The van der Waals surface area contributed by atoms with Gasteiger partial charge < -0.3 is 4.74 Å². The quantitative estimate of drug-likeness (QED) is 0.454. The second-order valence-electron chi connectivity index (χ2n) is 5.77. The van der Waals surface area contributed by atoms with Gasteiger partial charge in [-0.2, -0.15) is 0 Å². The van der Waals surface area contributed by atoms with Crippen LogP contribution >= 0.6 is 0 Å². The molecule has 19 heavy (non-hydrogen) atoms. The molecule has 4 heteroatoms. The number of esters is 1. The molecule has 0 amide bonds. The van der Waals surface area contributed by atoms with Gasteiger partial charge in [0.25, 0.3) is 0 Å². The van der Waals surface area contributed by atoms with Crippen molar-refractivity contribution in [1.82, 2.24) is 0 Å². The van der Waals surface area contributed by atoms with Crippen LogP contribution in [0.5, 0.6) is 0 Å². The van der Waals surface area contributed by atoms with E-state index in [1.807, 2.05) is 30.3 Å². The number of rotatable bonds is 6. The summed E-state index contributed by atoms with van der Waals surface area (Å²) in [4.78, 5) is 23.9. The monoisotopic (exact) mass is 278 g/mol. The first-order chi connectivity index (χ1) is 8.86. The lowest BCUT2D eigenvalue weighted by atomic mass is 10.1. The number of hydrogen-bond acceptors (Lipinski definition) is 3. The molecular weight excluding hydrogens is 256 g/mol. The third kappa shape index (κ3) is 4.63. The number of methoxy groups -OCH3 is 1. The maximum Gasteiger partial charge on any atom is 0.305 e. The second-order valence-corrected chi connectivity index (χ2v) is 11.2. The Morgan fingerprint density at radius 2 is 1.74 bits per heavy atom. The Kier molecular flexibility index (Phi) is 5.48. The zero-order valence-electron chi connectivity index (χ0n) is 12.1. The highest BCUT2D eigenvalue weighted by molar-refractivity contribution is 6.80. The van der Waals surface area contributed by atoms with Crippen LogP contribution < -0.4 is 0 Å². The average molecular weight is 278 g/mol. The van der Waals surface area contributed by atoms with Gasteiger partial charge in [-0.25, -0.2) is 0 Å². The first-order valence-electron chi connectivity index (χ1n) is 6.52. The van der Waals surface area contributed by atoms with E-state index in [-0.39, 0.29) is 17.3 Å². The van der Waals surface area contributed by atoms with Crippen molar-refractivity contribution >= 4 is 19.8 Å². The fourth-order valence-corrected chi connectivity index (χ4v) is 3.93. The van der Waals surface area contributed by atoms with E-state index in [0.29, 0.717) is 18.4 Å². The summed E-state index contributed by atoms with van der Waals surface area (Å²) in [6, 6.07) is 9.21. The highest BCUT2D eigenvalue weighted by atomic mass is 28.3. The minimum atomic E-state index is -1.67. The molecule has 1 aromatic rings. The van der Waals surface area contributed by atoms with Crippen molar-refractivity contribution in [3.05, 3.63) is 35.9 Å². The first kappa shape index (κ1) is 15.6. The summed E-state index contributed by atoms with van der Waals surface area (Å²) in [5.41, 5.74) is 0.590. The van der Waals surface area contributed by atoms with Crippen LogP contribution in [0.4, 0.5) is 0 Å². The van der Waals surface area contributed by atoms with Crippen molar-refractivity contribution in [2.45, 2.75) is 38.0 Å². The number of Topliss-reactive ketones (excluding diaryl/α,β-unsaturated/α-hetero) is 1. The van der Waals surface area contributed by atoms with E-state index in [1.54, 1.807) is 0 Å². The van der Waals surface area contributed by atoms with Gasteiger partial charge in [0.15, 0.2) is 5.78 Å².